The molecule has 1 N–H and O–H groups in total. The van der Waals surface area contributed by atoms with Crippen molar-refractivity contribution >= 4 is 5.97 Å². The summed E-state index contributed by atoms with van der Waals surface area (Å²) in [6, 6.07) is 5.05. The predicted octanol–water partition coefficient (Wildman–Crippen LogP) is 2.02. The van der Waals surface area contributed by atoms with Gasteiger partial charge in [0.2, 0.25) is 0 Å². The quantitative estimate of drug-likeness (QED) is 0.769. The van der Waals surface area contributed by atoms with Gasteiger partial charge in [-0.3, -0.25) is 0 Å². The van der Waals surface area contributed by atoms with Gasteiger partial charge >= 0.3 is 5.97 Å². The Morgan fingerprint density at radius 2 is 2.12 bits per heavy atom. The third-order valence-electron chi connectivity index (χ3n) is 2.45. The summed E-state index contributed by atoms with van der Waals surface area (Å²) in [7, 11) is 4.04. The molecule has 0 radical (unpaired) electrons. The van der Waals surface area contributed by atoms with E-state index in [1.807, 2.05) is 14.1 Å². The van der Waals surface area contributed by atoms with Crippen molar-refractivity contribution in [1.82, 2.24) is 4.90 Å². The molecule has 0 bridgehead atoms. The van der Waals surface area contributed by atoms with E-state index in [1.165, 1.54) is 0 Å². The van der Waals surface area contributed by atoms with E-state index in [0.717, 1.165) is 24.3 Å². The van der Waals surface area contributed by atoms with Gasteiger partial charge in [-0.15, -0.1) is 0 Å². The maximum absolute atomic E-state index is 10.8. The van der Waals surface area contributed by atoms with Crippen LogP contribution in [0.5, 0.6) is 5.75 Å². The molecular formula is C13H19NO3. The number of carboxylic acids is 1. The molecule has 1 rings (SSSR count). The second-order valence-corrected chi connectivity index (χ2v) is 4.29. The van der Waals surface area contributed by atoms with Gasteiger partial charge in [0.1, 0.15) is 5.75 Å². The van der Waals surface area contributed by atoms with Crippen LogP contribution in [-0.2, 0) is 0 Å². The molecule has 0 unspecified atom stereocenters. The molecule has 0 aliphatic carbocycles. The van der Waals surface area contributed by atoms with Crippen molar-refractivity contribution < 1.29 is 14.6 Å². The summed E-state index contributed by atoms with van der Waals surface area (Å²) in [5, 5.41) is 8.89. The smallest absolute Gasteiger partial charge is 0.335 e. The van der Waals surface area contributed by atoms with Gasteiger partial charge in [-0.2, -0.15) is 0 Å². The molecule has 17 heavy (non-hydrogen) atoms. The third kappa shape index (κ3) is 4.44. The summed E-state index contributed by atoms with van der Waals surface area (Å²) < 4.78 is 5.55. The fourth-order valence-electron chi connectivity index (χ4n) is 1.54. The van der Waals surface area contributed by atoms with Crippen LogP contribution in [0, 0.1) is 6.92 Å². The normalized spacial score (nSPS) is 10.6. The molecule has 0 spiro atoms. The van der Waals surface area contributed by atoms with Crippen LogP contribution in [-0.4, -0.2) is 43.2 Å². The van der Waals surface area contributed by atoms with Crippen LogP contribution < -0.4 is 4.74 Å². The van der Waals surface area contributed by atoms with Gasteiger partial charge in [0.15, 0.2) is 0 Å². The van der Waals surface area contributed by atoms with Crippen molar-refractivity contribution in [1.29, 1.82) is 0 Å². The summed E-state index contributed by atoms with van der Waals surface area (Å²) in [4.78, 5) is 12.9. The second-order valence-electron chi connectivity index (χ2n) is 4.29. The molecule has 0 heterocycles. The lowest BCUT2D eigenvalue weighted by Crippen LogP contribution is -2.15. The SMILES string of the molecule is Cc1cc(OCCCN(C)C)ccc1C(=O)O. The Kier molecular flexibility index (Phi) is 4.97. The van der Waals surface area contributed by atoms with Gasteiger partial charge in [-0.1, -0.05) is 0 Å². The van der Waals surface area contributed by atoms with Gasteiger partial charge in [-0.05, 0) is 51.2 Å². The van der Waals surface area contributed by atoms with Crippen molar-refractivity contribution in [3.8, 4) is 5.75 Å². The number of benzene rings is 1. The molecule has 0 saturated heterocycles. The van der Waals surface area contributed by atoms with Gasteiger partial charge in [-0.25, -0.2) is 4.79 Å². The lowest BCUT2D eigenvalue weighted by molar-refractivity contribution is 0.0696. The van der Waals surface area contributed by atoms with Gasteiger partial charge in [0.05, 0.1) is 12.2 Å². The zero-order valence-electron chi connectivity index (χ0n) is 10.6. The van der Waals surface area contributed by atoms with Crippen molar-refractivity contribution in [3.05, 3.63) is 29.3 Å². The monoisotopic (exact) mass is 237 g/mol. The first kappa shape index (κ1) is 13.5. The molecule has 0 atom stereocenters. The van der Waals surface area contributed by atoms with Crippen molar-refractivity contribution in [2.24, 2.45) is 0 Å². The number of hydrogen-bond acceptors (Lipinski definition) is 3. The molecule has 0 aromatic heterocycles. The Morgan fingerprint density at radius 3 is 2.65 bits per heavy atom. The highest BCUT2D eigenvalue weighted by atomic mass is 16.5. The largest absolute Gasteiger partial charge is 0.494 e. The maximum atomic E-state index is 10.8. The first-order valence-corrected chi connectivity index (χ1v) is 5.62. The number of carbonyl (C=O) groups is 1. The highest BCUT2D eigenvalue weighted by Crippen LogP contribution is 2.17. The van der Waals surface area contributed by atoms with Gasteiger partial charge < -0.3 is 14.7 Å². The average Bonchev–Trinajstić information content (AvgIpc) is 2.23. The molecular weight excluding hydrogens is 218 g/mol. The summed E-state index contributed by atoms with van der Waals surface area (Å²) in [5.74, 6) is -0.173. The number of ether oxygens (including phenoxy) is 1. The van der Waals surface area contributed by atoms with E-state index < -0.39 is 5.97 Å². The number of hydrogen-bond donors (Lipinski definition) is 1. The van der Waals surface area contributed by atoms with E-state index in [-0.39, 0.29) is 0 Å². The highest BCUT2D eigenvalue weighted by molar-refractivity contribution is 5.89. The van der Waals surface area contributed by atoms with Crippen LogP contribution in [0.1, 0.15) is 22.3 Å². The molecule has 0 saturated carbocycles. The van der Waals surface area contributed by atoms with Crippen LogP contribution in [0.15, 0.2) is 18.2 Å². The van der Waals surface area contributed by atoms with Crippen LogP contribution in [0.3, 0.4) is 0 Å². The summed E-state index contributed by atoms with van der Waals surface area (Å²) in [6.45, 7) is 3.40. The molecule has 0 aliphatic heterocycles. The lowest BCUT2D eigenvalue weighted by atomic mass is 10.1. The van der Waals surface area contributed by atoms with E-state index in [4.69, 9.17) is 9.84 Å². The fraction of sp³-hybridized carbons (Fsp3) is 0.462. The van der Waals surface area contributed by atoms with E-state index >= 15 is 0 Å². The lowest BCUT2D eigenvalue weighted by Gasteiger charge is -2.11. The first-order valence-electron chi connectivity index (χ1n) is 5.62. The standard InChI is InChI=1S/C13H19NO3/c1-10-9-11(5-6-12(10)13(15)16)17-8-4-7-14(2)3/h5-6,9H,4,7-8H2,1-3H3,(H,15,16). The van der Waals surface area contributed by atoms with E-state index in [1.54, 1.807) is 25.1 Å². The van der Waals surface area contributed by atoms with Crippen molar-refractivity contribution in [3.63, 3.8) is 0 Å². The van der Waals surface area contributed by atoms with Crippen LogP contribution in [0.2, 0.25) is 0 Å². The Labute approximate surface area is 102 Å². The number of nitrogens with zero attached hydrogens (tertiary/aromatic N) is 1. The first-order chi connectivity index (χ1) is 8.00. The van der Waals surface area contributed by atoms with Crippen LogP contribution in [0.4, 0.5) is 0 Å². The number of carboxylic acid groups (broad SMARTS) is 1. The Bertz CT molecular complexity index is 388. The maximum Gasteiger partial charge on any atom is 0.335 e. The minimum atomic E-state index is -0.901. The second kappa shape index (κ2) is 6.25. The third-order valence-corrected chi connectivity index (χ3v) is 2.45. The van der Waals surface area contributed by atoms with E-state index in [0.29, 0.717) is 12.2 Å². The zero-order chi connectivity index (χ0) is 12.8. The van der Waals surface area contributed by atoms with E-state index in [2.05, 4.69) is 4.90 Å². The molecule has 0 amide bonds. The summed E-state index contributed by atoms with van der Waals surface area (Å²) >= 11 is 0. The number of aryl methyl sites for hydroxylation is 1. The average molecular weight is 237 g/mol. The molecule has 0 fully saturated rings. The summed E-state index contributed by atoms with van der Waals surface area (Å²) in [5.41, 5.74) is 1.05. The van der Waals surface area contributed by atoms with Gasteiger partial charge in [0, 0.05) is 6.54 Å². The number of rotatable bonds is 6. The predicted molar refractivity (Wildman–Crippen MR) is 66.8 cm³/mol. The Morgan fingerprint density at radius 1 is 1.41 bits per heavy atom. The molecule has 1 aromatic rings. The zero-order valence-corrected chi connectivity index (χ0v) is 10.6. The van der Waals surface area contributed by atoms with Crippen LogP contribution in [0.25, 0.3) is 0 Å². The molecule has 0 aliphatic rings. The molecule has 4 nitrogen and oxygen atoms in total. The van der Waals surface area contributed by atoms with Crippen molar-refractivity contribution in [2.75, 3.05) is 27.2 Å². The highest BCUT2D eigenvalue weighted by Gasteiger charge is 2.07. The minimum Gasteiger partial charge on any atom is -0.494 e. The summed E-state index contributed by atoms with van der Waals surface area (Å²) in [6.07, 6.45) is 0.951. The van der Waals surface area contributed by atoms with Crippen molar-refractivity contribution in [2.45, 2.75) is 13.3 Å². The Balaban J connectivity index is 2.50. The number of aromatic carboxylic acids is 1. The van der Waals surface area contributed by atoms with Gasteiger partial charge in [0.25, 0.3) is 0 Å². The topological polar surface area (TPSA) is 49.8 Å². The molecule has 94 valence electrons. The molecule has 1 aromatic carbocycles. The Hall–Kier alpha value is -1.55. The molecule has 4 heteroatoms. The van der Waals surface area contributed by atoms with E-state index in [9.17, 15) is 4.79 Å². The minimum absolute atomic E-state index is 0.325. The van der Waals surface area contributed by atoms with Crippen LogP contribution >= 0.6 is 0 Å². The fourth-order valence-corrected chi connectivity index (χ4v) is 1.54.